The molecule has 0 radical (unpaired) electrons. The molecule has 0 saturated carbocycles. The fourth-order valence-corrected chi connectivity index (χ4v) is 8.86. The molecule has 8 aromatic carbocycles. The van der Waals surface area contributed by atoms with Gasteiger partial charge in [-0.2, -0.15) is 0 Å². The molecule has 0 aliphatic heterocycles. The van der Waals surface area contributed by atoms with Crippen LogP contribution in [-0.4, -0.2) is 19.5 Å². The Morgan fingerprint density at radius 1 is 0.357 bits per heavy atom. The zero-order valence-electron chi connectivity index (χ0n) is 30.4. The Morgan fingerprint density at radius 2 is 0.839 bits per heavy atom. The van der Waals surface area contributed by atoms with Crippen LogP contribution in [-0.2, 0) is 5.41 Å². The largest absolute Gasteiger partial charge is 0.309 e. The van der Waals surface area contributed by atoms with Crippen LogP contribution in [0.4, 0.5) is 0 Å². The van der Waals surface area contributed by atoms with E-state index in [9.17, 15) is 0 Å². The Morgan fingerprint density at radius 3 is 1.48 bits per heavy atom. The van der Waals surface area contributed by atoms with Gasteiger partial charge in [0.25, 0.3) is 0 Å². The molecule has 262 valence electrons. The number of rotatable bonds is 6. The van der Waals surface area contributed by atoms with Gasteiger partial charge in [-0.25, -0.2) is 15.0 Å². The van der Waals surface area contributed by atoms with Crippen molar-refractivity contribution in [3.8, 4) is 50.7 Å². The lowest BCUT2D eigenvalue weighted by Crippen LogP contribution is -2.31. The van der Waals surface area contributed by atoms with Crippen molar-refractivity contribution in [1.29, 1.82) is 0 Å². The lowest BCUT2D eigenvalue weighted by molar-refractivity contribution is 0.692. The number of para-hydroxylation sites is 2. The first-order valence-electron chi connectivity index (χ1n) is 19.0. The van der Waals surface area contributed by atoms with E-state index in [1.165, 1.54) is 21.9 Å². The maximum absolute atomic E-state index is 5.55. The average Bonchev–Trinajstić information content (AvgIpc) is 3.78. The summed E-state index contributed by atoms with van der Waals surface area (Å²) in [5.74, 6) is 1.94. The van der Waals surface area contributed by atoms with Crippen molar-refractivity contribution in [2.75, 3.05) is 0 Å². The first-order chi connectivity index (χ1) is 27.8. The third kappa shape index (κ3) is 4.89. The van der Waals surface area contributed by atoms with Gasteiger partial charge in [0.05, 0.1) is 11.0 Å². The van der Waals surface area contributed by atoms with Crippen LogP contribution >= 0.6 is 0 Å². The van der Waals surface area contributed by atoms with E-state index in [-0.39, 0.29) is 0 Å². The number of aromatic nitrogens is 4. The smallest absolute Gasteiger partial charge is 0.163 e. The summed E-state index contributed by atoms with van der Waals surface area (Å²) in [6, 6.07) is 73.0. The second kappa shape index (κ2) is 12.9. The van der Waals surface area contributed by atoms with Crippen LogP contribution < -0.4 is 0 Å². The zero-order chi connectivity index (χ0) is 37.1. The molecular formula is C52H34N4. The molecule has 11 rings (SSSR count). The fourth-order valence-electron chi connectivity index (χ4n) is 8.86. The van der Waals surface area contributed by atoms with Gasteiger partial charge in [-0.05, 0) is 69.3 Å². The SMILES string of the molecule is c1ccc(-c2cccc(-c3nc(-c4cccc(-n5c6ccccc6c6ccccc65)c4)nc(C4(c5ccccc5)c5ccccc5-c5ccccc54)n3)c2)cc1. The predicted molar refractivity (Wildman–Crippen MR) is 228 cm³/mol. The summed E-state index contributed by atoms with van der Waals surface area (Å²) >= 11 is 0. The normalized spacial score (nSPS) is 12.8. The second-order valence-corrected chi connectivity index (χ2v) is 14.4. The van der Waals surface area contributed by atoms with Crippen LogP contribution in [0.5, 0.6) is 0 Å². The molecule has 10 aromatic rings. The molecule has 0 unspecified atom stereocenters. The maximum Gasteiger partial charge on any atom is 0.163 e. The summed E-state index contributed by atoms with van der Waals surface area (Å²) in [6.45, 7) is 0. The van der Waals surface area contributed by atoms with Gasteiger partial charge >= 0.3 is 0 Å². The molecule has 0 atom stereocenters. The third-order valence-corrected chi connectivity index (χ3v) is 11.3. The van der Waals surface area contributed by atoms with E-state index < -0.39 is 5.41 Å². The molecular weight excluding hydrogens is 681 g/mol. The van der Waals surface area contributed by atoms with Gasteiger partial charge in [0, 0.05) is 27.6 Å². The molecule has 0 bridgehead atoms. The third-order valence-electron chi connectivity index (χ3n) is 11.3. The Labute approximate surface area is 325 Å². The molecule has 2 heterocycles. The maximum atomic E-state index is 5.55. The summed E-state index contributed by atoms with van der Waals surface area (Å²) in [7, 11) is 0. The van der Waals surface area contributed by atoms with E-state index in [1.807, 2.05) is 6.07 Å². The molecule has 4 nitrogen and oxygen atoms in total. The van der Waals surface area contributed by atoms with Crippen molar-refractivity contribution in [1.82, 2.24) is 19.5 Å². The predicted octanol–water partition coefficient (Wildman–Crippen LogP) is 12.3. The molecule has 0 spiro atoms. The highest BCUT2D eigenvalue weighted by Gasteiger charge is 2.48. The van der Waals surface area contributed by atoms with Gasteiger partial charge in [-0.15, -0.1) is 0 Å². The fraction of sp³-hybridized carbons (Fsp3) is 0.0192. The number of benzene rings is 8. The van der Waals surface area contributed by atoms with Gasteiger partial charge in [-0.1, -0.05) is 176 Å². The minimum absolute atomic E-state index is 0.620. The Bertz CT molecular complexity index is 2990. The van der Waals surface area contributed by atoms with Crippen molar-refractivity contribution in [3.05, 3.63) is 229 Å². The first-order valence-corrected chi connectivity index (χ1v) is 19.0. The molecule has 0 amide bonds. The van der Waals surface area contributed by atoms with Crippen LogP contribution in [0.3, 0.4) is 0 Å². The van der Waals surface area contributed by atoms with E-state index in [1.54, 1.807) is 0 Å². The van der Waals surface area contributed by atoms with E-state index >= 15 is 0 Å². The molecule has 0 N–H and O–H groups in total. The summed E-state index contributed by atoms with van der Waals surface area (Å²) < 4.78 is 2.34. The molecule has 0 fully saturated rings. The highest BCUT2D eigenvalue weighted by atomic mass is 15.1. The van der Waals surface area contributed by atoms with Crippen LogP contribution in [0.1, 0.15) is 22.5 Å². The highest BCUT2D eigenvalue weighted by molar-refractivity contribution is 6.09. The van der Waals surface area contributed by atoms with E-state index in [0.717, 1.165) is 55.7 Å². The van der Waals surface area contributed by atoms with Crippen LogP contribution in [0, 0.1) is 0 Å². The quantitative estimate of drug-likeness (QED) is 0.172. The van der Waals surface area contributed by atoms with Crippen molar-refractivity contribution in [3.63, 3.8) is 0 Å². The Kier molecular flexibility index (Phi) is 7.36. The number of hydrogen-bond donors (Lipinski definition) is 0. The summed E-state index contributed by atoms with van der Waals surface area (Å²) in [4.78, 5) is 16.4. The van der Waals surface area contributed by atoms with Crippen molar-refractivity contribution >= 4 is 21.8 Å². The molecule has 2 aromatic heterocycles. The van der Waals surface area contributed by atoms with Gasteiger partial charge in [0.2, 0.25) is 0 Å². The lowest BCUT2D eigenvalue weighted by Gasteiger charge is -2.32. The zero-order valence-corrected chi connectivity index (χ0v) is 30.4. The Balaban J connectivity index is 1.20. The lowest BCUT2D eigenvalue weighted by atomic mass is 9.71. The monoisotopic (exact) mass is 714 g/mol. The number of hydrogen-bond acceptors (Lipinski definition) is 3. The van der Waals surface area contributed by atoms with Gasteiger partial charge < -0.3 is 4.57 Å². The first kappa shape index (κ1) is 32.0. The molecule has 0 saturated heterocycles. The number of nitrogens with zero attached hydrogens (tertiary/aromatic N) is 4. The summed E-state index contributed by atoms with van der Waals surface area (Å²) in [5.41, 5.74) is 12.5. The van der Waals surface area contributed by atoms with Crippen LogP contribution in [0.15, 0.2) is 206 Å². The van der Waals surface area contributed by atoms with Gasteiger partial charge in [-0.3, -0.25) is 0 Å². The van der Waals surface area contributed by atoms with Crippen molar-refractivity contribution < 1.29 is 0 Å². The van der Waals surface area contributed by atoms with Gasteiger partial charge in [0.1, 0.15) is 5.41 Å². The minimum Gasteiger partial charge on any atom is -0.309 e. The van der Waals surface area contributed by atoms with Crippen LogP contribution in [0.2, 0.25) is 0 Å². The summed E-state index contributed by atoms with van der Waals surface area (Å²) in [6.07, 6.45) is 0. The van der Waals surface area contributed by atoms with E-state index in [4.69, 9.17) is 15.0 Å². The summed E-state index contributed by atoms with van der Waals surface area (Å²) in [5, 5.41) is 2.44. The molecule has 1 aliphatic carbocycles. The van der Waals surface area contributed by atoms with E-state index in [0.29, 0.717) is 17.5 Å². The minimum atomic E-state index is -0.789. The van der Waals surface area contributed by atoms with Crippen molar-refractivity contribution in [2.45, 2.75) is 5.41 Å². The molecule has 4 heteroatoms. The van der Waals surface area contributed by atoms with Gasteiger partial charge in [0.15, 0.2) is 17.5 Å². The number of fused-ring (bicyclic) bond motifs is 6. The molecule has 1 aliphatic rings. The second-order valence-electron chi connectivity index (χ2n) is 14.4. The standard InChI is InChI=1S/C52H34N4/c1-3-17-35(18-4-1)36-19-15-20-37(33-36)49-53-50(38-21-16-24-40(34-38)56-47-31-13-9-27-43(47)44-28-10-14-32-48(44)56)55-51(54-49)52(39-22-5-2-6-23-39)45-29-11-7-25-41(45)42-26-8-12-30-46(42)52/h1-34H. The average molecular weight is 715 g/mol. The topological polar surface area (TPSA) is 43.6 Å². The highest BCUT2D eigenvalue weighted by Crippen LogP contribution is 2.55. The van der Waals surface area contributed by atoms with E-state index in [2.05, 4.69) is 205 Å². The van der Waals surface area contributed by atoms with Crippen LogP contribution in [0.25, 0.3) is 72.5 Å². The Hall–Kier alpha value is -7.43. The molecule has 56 heavy (non-hydrogen) atoms. The van der Waals surface area contributed by atoms with Crippen molar-refractivity contribution in [2.24, 2.45) is 0 Å².